The average Bonchev–Trinajstić information content (AvgIpc) is 2.92. The van der Waals surface area contributed by atoms with E-state index in [0.717, 1.165) is 25.2 Å². The first kappa shape index (κ1) is 21.9. The van der Waals surface area contributed by atoms with E-state index < -0.39 is 5.41 Å². The lowest BCUT2D eigenvalue weighted by molar-refractivity contribution is -0.123. The number of rotatable bonds is 6. The Hall–Kier alpha value is -1.44. The third-order valence-electron chi connectivity index (χ3n) is 4.38. The van der Waals surface area contributed by atoms with Crippen molar-refractivity contribution in [1.29, 1.82) is 0 Å². The molecule has 1 atom stereocenters. The Labute approximate surface area is 166 Å². The van der Waals surface area contributed by atoms with Crippen LogP contribution in [-0.4, -0.2) is 55.6 Å². The van der Waals surface area contributed by atoms with Gasteiger partial charge in [-0.25, -0.2) is 0 Å². The molecule has 1 aliphatic heterocycles. The second kappa shape index (κ2) is 9.17. The van der Waals surface area contributed by atoms with Crippen molar-refractivity contribution < 1.29 is 14.3 Å². The van der Waals surface area contributed by atoms with Crippen LogP contribution >= 0.6 is 11.3 Å². The number of ether oxygens (including phenoxy) is 1. The number of morpholine rings is 1. The highest BCUT2D eigenvalue weighted by Crippen LogP contribution is 2.28. The number of carbonyl (C=O) groups is 2. The van der Waals surface area contributed by atoms with Gasteiger partial charge < -0.3 is 15.4 Å². The highest BCUT2D eigenvalue weighted by molar-refractivity contribution is 7.18. The molecule has 7 heteroatoms. The third kappa shape index (κ3) is 6.59. The molecule has 0 aromatic carbocycles. The number of carbonyl (C=O) groups excluding carboxylic acids is 2. The van der Waals surface area contributed by atoms with E-state index in [4.69, 9.17) is 4.74 Å². The predicted octanol–water partition coefficient (Wildman–Crippen LogP) is 3.13. The summed E-state index contributed by atoms with van der Waals surface area (Å²) in [5.41, 5.74) is 0.397. The fourth-order valence-electron chi connectivity index (χ4n) is 2.94. The van der Waals surface area contributed by atoms with Crippen LogP contribution in [0.1, 0.15) is 49.9 Å². The Morgan fingerprint density at radius 2 is 2.07 bits per heavy atom. The second-order valence-electron chi connectivity index (χ2n) is 8.68. The summed E-state index contributed by atoms with van der Waals surface area (Å²) in [6.45, 7) is 15.9. The van der Waals surface area contributed by atoms with Gasteiger partial charge in [0, 0.05) is 31.6 Å². The number of amides is 2. The van der Waals surface area contributed by atoms with Crippen LogP contribution in [0.25, 0.3) is 0 Å². The van der Waals surface area contributed by atoms with Crippen molar-refractivity contribution >= 4 is 28.2 Å². The molecule has 1 aliphatic rings. The summed E-state index contributed by atoms with van der Waals surface area (Å²) in [4.78, 5) is 27.7. The zero-order chi connectivity index (χ0) is 20.2. The molecule has 1 saturated heterocycles. The minimum absolute atomic E-state index is 0.0155. The Morgan fingerprint density at radius 3 is 2.70 bits per heavy atom. The minimum atomic E-state index is -0.472. The number of hydrogen-bond donors (Lipinski definition) is 2. The van der Waals surface area contributed by atoms with Crippen molar-refractivity contribution in [3.8, 4) is 0 Å². The lowest BCUT2D eigenvalue weighted by Crippen LogP contribution is -2.48. The van der Waals surface area contributed by atoms with Gasteiger partial charge in [-0.3, -0.25) is 14.5 Å². The molecule has 0 aliphatic carbocycles. The summed E-state index contributed by atoms with van der Waals surface area (Å²) >= 11 is 1.31. The maximum atomic E-state index is 12.6. The first-order valence-corrected chi connectivity index (χ1v) is 10.4. The summed E-state index contributed by atoms with van der Waals surface area (Å²) in [5, 5.41) is 6.59. The van der Waals surface area contributed by atoms with Crippen molar-refractivity contribution in [2.24, 2.45) is 11.3 Å². The first-order chi connectivity index (χ1) is 12.6. The van der Waals surface area contributed by atoms with Crippen LogP contribution in [0.3, 0.4) is 0 Å². The topological polar surface area (TPSA) is 70.7 Å². The van der Waals surface area contributed by atoms with Gasteiger partial charge in [0.2, 0.25) is 5.91 Å². The molecule has 0 radical (unpaired) electrons. The quantitative estimate of drug-likeness (QED) is 0.776. The van der Waals surface area contributed by atoms with Gasteiger partial charge in [-0.1, -0.05) is 34.6 Å². The van der Waals surface area contributed by atoms with Crippen LogP contribution in [0, 0.1) is 18.3 Å². The Morgan fingerprint density at radius 1 is 1.37 bits per heavy atom. The van der Waals surface area contributed by atoms with Crippen LogP contribution in [0.2, 0.25) is 0 Å². The third-order valence-corrected chi connectivity index (χ3v) is 5.53. The molecule has 2 N–H and O–H groups in total. The molecule has 2 rings (SSSR count). The van der Waals surface area contributed by atoms with E-state index in [0.29, 0.717) is 28.9 Å². The van der Waals surface area contributed by atoms with Crippen LogP contribution < -0.4 is 10.6 Å². The van der Waals surface area contributed by atoms with Crippen molar-refractivity contribution in [2.45, 2.75) is 47.6 Å². The molecular weight excluding hydrogens is 362 g/mol. The molecule has 2 heterocycles. The number of anilines is 1. The van der Waals surface area contributed by atoms with Gasteiger partial charge in [-0.15, -0.1) is 11.3 Å². The Bertz CT molecular complexity index is 664. The number of hydrogen-bond acceptors (Lipinski definition) is 5. The maximum absolute atomic E-state index is 12.6. The summed E-state index contributed by atoms with van der Waals surface area (Å²) < 4.78 is 5.79. The molecule has 1 unspecified atom stereocenters. The molecule has 2 amide bonds. The average molecular weight is 396 g/mol. The highest BCUT2D eigenvalue weighted by atomic mass is 32.1. The molecular formula is C20H33N3O3S. The Balaban J connectivity index is 1.90. The van der Waals surface area contributed by atoms with Gasteiger partial charge in [-0.2, -0.15) is 0 Å². The van der Waals surface area contributed by atoms with E-state index in [2.05, 4.69) is 29.4 Å². The molecule has 1 fully saturated rings. The van der Waals surface area contributed by atoms with Crippen LogP contribution in [0.4, 0.5) is 5.00 Å². The van der Waals surface area contributed by atoms with E-state index in [1.165, 1.54) is 11.3 Å². The van der Waals surface area contributed by atoms with E-state index in [1.54, 1.807) is 0 Å². The summed E-state index contributed by atoms with van der Waals surface area (Å²) in [7, 11) is 0. The number of thiophene rings is 1. The van der Waals surface area contributed by atoms with Gasteiger partial charge in [-0.05, 0) is 24.5 Å². The zero-order valence-electron chi connectivity index (χ0n) is 17.3. The molecule has 6 nitrogen and oxygen atoms in total. The number of nitrogens with one attached hydrogen (secondary N) is 2. The van der Waals surface area contributed by atoms with Crippen molar-refractivity contribution in [2.75, 3.05) is 38.1 Å². The molecule has 0 bridgehead atoms. The van der Waals surface area contributed by atoms with Crippen molar-refractivity contribution in [1.82, 2.24) is 10.2 Å². The fourth-order valence-corrected chi connectivity index (χ4v) is 3.93. The lowest BCUT2D eigenvalue weighted by atomic mass is 9.96. The minimum Gasteiger partial charge on any atom is -0.374 e. The van der Waals surface area contributed by atoms with Gasteiger partial charge in [0.05, 0.1) is 22.6 Å². The van der Waals surface area contributed by atoms with Gasteiger partial charge >= 0.3 is 0 Å². The summed E-state index contributed by atoms with van der Waals surface area (Å²) in [5.74, 6) is 0.448. The molecule has 27 heavy (non-hydrogen) atoms. The van der Waals surface area contributed by atoms with E-state index in [1.807, 2.05) is 33.8 Å². The maximum Gasteiger partial charge on any atom is 0.261 e. The van der Waals surface area contributed by atoms with Crippen LogP contribution in [-0.2, 0) is 9.53 Å². The molecule has 0 saturated carbocycles. The molecule has 1 aromatic heterocycles. The monoisotopic (exact) mass is 395 g/mol. The second-order valence-corrected chi connectivity index (χ2v) is 9.74. The van der Waals surface area contributed by atoms with Gasteiger partial charge in [0.15, 0.2) is 0 Å². The first-order valence-electron chi connectivity index (χ1n) is 9.60. The van der Waals surface area contributed by atoms with Crippen LogP contribution in [0.15, 0.2) is 6.07 Å². The van der Waals surface area contributed by atoms with E-state index in [9.17, 15) is 9.59 Å². The summed E-state index contributed by atoms with van der Waals surface area (Å²) in [6.07, 6.45) is 0.0155. The number of nitrogens with zero attached hydrogens (tertiary/aromatic N) is 1. The zero-order valence-corrected chi connectivity index (χ0v) is 18.2. The molecule has 0 spiro atoms. The predicted molar refractivity (Wildman–Crippen MR) is 110 cm³/mol. The summed E-state index contributed by atoms with van der Waals surface area (Å²) in [6, 6.07) is 1.85. The van der Waals surface area contributed by atoms with E-state index >= 15 is 0 Å². The van der Waals surface area contributed by atoms with Gasteiger partial charge in [0.1, 0.15) is 0 Å². The molecule has 152 valence electrons. The smallest absolute Gasteiger partial charge is 0.261 e. The van der Waals surface area contributed by atoms with Crippen molar-refractivity contribution in [3.05, 3.63) is 16.5 Å². The standard InChI is InChI=1S/C20H33N3O3S/c1-13(2)11-23-7-8-26-15(12-23)10-21-18(24)17-14(3)9-16(27-17)22-19(25)20(4,5)6/h9,13,15H,7-8,10-12H2,1-6H3,(H,21,24)(H,22,25). The number of aryl methyl sites for hydroxylation is 1. The van der Waals surface area contributed by atoms with E-state index in [-0.39, 0.29) is 17.9 Å². The SMILES string of the molecule is Cc1cc(NC(=O)C(C)(C)C)sc1C(=O)NCC1CN(CC(C)C)CCO1. The largest absolute Gasteiger partial charge is 0.374 e. The lowest BCUT2D eigenvalue weighted by Gasteiger charge is -2.33. The highest BCUT2D eigenvalue weighted by Gasteiger charge is 2.24. The fraction of sp³-hybridized carbons (Fsp3) is 0.700. The Kier molecular flexibility index (Phi) is 7.42. The van der Waals surface area contributed by atoms with Gasteiger partial charge in [0.25, 0.3) is 5.91 Å². The van der Waals surface area contributed by atoms with Crippen molar-refractivity contribution in [3.63, 3.8) is 0 Å². The normalized spacial score (nSPS) is 18.6. The van der Waals surface area contributed by atoms with Crippen LogP contribution in [0.5, 0.6) is 0 Å². The molecule has 1 aromatic rings.